The van der Waals surface area contributed by atoms with E-state index in [0.29, 0.717) is 21.4 Å². The normalized spacial score (nSPS) is 10.3. The van der Waals surface area contributed by atoms with E-state index in [4.69, 9.17) is 27.9 Å². The molecule has 5 heteroatoms. The fraction of sp³-hybridized carbons (Fsp3) is 0.133. The van der Waals surface area contributed by atoms with E-state index in [1.807, 2.05) is 0 Å². The smallest absolute Gasteiger partial charge is 0.166 e. The zero-order chi connectivity index (χ0) is 14.5. The highest BCUT2D eigenvalue weighted by atomic mass is 35.5. The second-order valence-corrected chi connectivity index (χ2v) is 4.95. The Bertz CT molecular complexity index is 612. The first kappa shape index (κ1) is 14.8. The molecule has 0 bridgehead atoms. The zero-order valence-electron chi connectivity index (χ0n) is 10.4. The van der Waals surface area contributed by atoms with Gasteiger partial charge in [0.05, 0.1) is 11.6 Å². The Labute approximate surface area is 126 Å². The van der Waals surface area contributed by atoms with Crippen LogP contribution in [0.4, 0.5) is 4.39 Å². The molecule has 0 saturated heterocycles. The average Bonchev–Trinajstić information content (AvgIpc) is 2.43. The van der Waals surface area contributed by atoms with Gasteiger partial charge < -0.3 is 4.74 Å². The molecule has 0 amide bonds. The summed E-state index contributed by atoms with van der Waals surface area (Å²) in [6.07, 6.45) is 0.175. The van der Waals surface area contributed by atoms with Gasteiger partial charge in [-0.25, -0.2) is 4.39 Å². The minimum Gasteiger partial charge on any atom is -0.492 e. The Morgan fingerprint density at radius 1 is 1.10 bits per heavy atom. The maximum absolute atomic E-state index is 12.7. The maximum atomic E-state index is 12.7. The molecule has 2 rings (SSSR count). The van der Waals surface area contributed by atoms with E-state index in [1.165, 1.54) is 24.3 Å². The second kappa shape index (κ2) is 6.73. The van der Waals surface area contributed by atoms with Crippen LogP contribution in [0.3, 0.4) is 0 Å². The quantitative estimate of drug-likeness (QED) is 0.742. The standard InChI is InChI=1S/C15H11Cl2FO2/c16-11-3-6-13(17)15(9-11)20-8-7-14(19)10-1-4-12(18)5-2-10/h1-6,9H,7-8H2. The number of rotatable bonds is 5. The van der Waals surface area contributed by atoms with Crippen LogP contribution >= 0.6 is 23.2 Å². The van der Waals surface area contributed by atoms with Crippen LogP contribution < -0.4 is 4.74 Å². The van der Waals surface area contributed by atoms with Gasteiger partial charge in [0.15, 0.2) is 5.78 Å². The summed E-state index contributed by atoms with van der Waals surface area (Å²) in [5.74, 6) is -0.0577. The molecule has 0 spiro atoms. The van der Waals surface area contributed by atoms with Crippen molar-refractivity contribution < 1.29 is 13.9 Å². The molecule has 104 valence electrons. The van der Waals surface area contributed by atoms with Crippen LogP contribution in [0.1, 0.15) is 16.8 Å². The third kappa shape index (κ3) is 3.95. The summed E-state index contributed by atoms with van der Waals surface area (Å²) in [4.78, 5) is 11.8. The summed E-state index contributed by atoms with van der Waals surface area (Å²) >= 11 is 11.8. The van der Waals surface area contributed by atoms with E-state index in [0.717, 1.165) is 0 Å². The molecule has 0 unspecified atom stereocenters. The first-order valence-corrected chi connectivity index (χ1v) is 6.68. The predicted molar refractivity (Wildman–Crippen MR) is 77.3 cm³/mol. The van der Waals surface area contributed by atoms with Gasteiger partial charge in [-0.2, -0.15) is 0 Å². The zero-order valence-corrected chi connectivity index (χ0v) is 11.9. The van der Waals surface area contributed by atoms with Gasteiger partial charge in [0, 0.05) is 23.1 Å². The van der Waals surface area contributed by atoms with Gasteiger partial charge in [0.1, 0.15) is 11.6 Å². The Kier molecular flexibility index (Phi) is 4.99. The molecule has 0 N–H and O–H groups in total. The van der Waals surface area contributed by atoms with Crippen molar-refractivity contribution in [3.8, 4) is 5.75 Å². The van der Waals surface area contributed by atoms with Crippen molar-refractivity contribution in [1.29, 1.82) is 0 Å². The summed E-state index contributed by atoms with van der Waals surface area (Å²) in [6, 6.07) is 10.3. The van der Waals surface area contributed by atoms with Crippen molar-refractivity contribution in [3.05, 3.63) is 63.9 Å². The van der Waals surface area contributed by atoms with Gasteiger partial charge in [-0.1, -0.05) is 23.2 Å². The molecular formula is C15H11Cl2FO2. The van der Waals surface area contributed by atoms with Gasteiger partial charge in [-0.15, -0.1) is 0 Å². The number of benzene rings is 2. The van der Waals surface area contributed by atoms with Gasteiger partial charge in [0.2, 0.25) is 0 Å². The van der Waals surface area contributed by atoms with E-state index < -0.39 is 0 Å². The number of ketones is 1. The molecule has 2 nitrogen and oxygen atoms in total. The van der Waals surface area contributed by atoms with Crippen molar-refractivity contribution in [3.63, 3.8) is 0 Å². The number of halogens is 3. The molecular weight excluding hydrogens is 302 g/mol. The van der Waals surface area contributed by atoms with Crippen molar-refractivity contribution in [2.45, 2.75) is 6.42 Å². The number of hydrogen-bond donors (Lipinski definition) is 0. The first-order valence-electron chi connectivity index (χ1n) is 5.93. The van der Waals surface area contributed by atoms with Gasteiger partial charge >= 0.3 is 0 Å². The minimum absolute atomic E-state index is 0.122. The second-order valence-electron chi connectivity index (χ2n) is 4.10. The average molecular weight is 313 g/mol. The van der Waals surface area contributed by atoms with Crippen molar-refractivity contribution in [2.75, 3.05) is 6.61 Å². The molecule has 0 saturated carbocycles. The van der Waals surface area contributed by atoms with E-state index in [2.05, 4.69) is 0 Å². The molecule has 20 heavy (non-hydrogen) atoms. The van der Waals surface area contributed by atoms with Gasteiger partial charge in [-0.3, -0.25) is 4.79 Å². The van der Waals surface area contributed by atoms with Gasteiger partial charge in [-0.05, 0) is 36.4 Å². The lowest BCUT2D eigenvalue weighted by Gasteiger charge is -2.08. The third-order valence-corrected chi connectivity index (χ3v) is 3.19. The molecule has 0 aliphatic heterocycles. The summed E-state index contributed by atoms with van der Waals surface area (Å²) in [7, 11) is 0. The van der Waals surface area contributed by atoms with Crippen LogP contribution in [0.5, 0.6) is 5.75 Å². The van der Waals surface area contributed by atoms with Crippen LogP contribution in [0.25, 0.3) is 0 Å². The molecule has 0 fully saturated rings. The highest BCUT2D eigenvalue weighted by Crippen LogP contribution is 2.27. The molecule has 0 aliphatic carbocycles. The van der Waals surface area contributed by atoms with Crippen molar-refractivity contribution in [1.82, 2.24) is 0 Å². The fourth-order valence-electron chi connectivity index (χ4n) is 1.62. The molecule has 2 aromatic carbocycles. The predicted octanol–water partition coefficient (Wildman–Crippen LogP) is 4.78. The third-order valence-electron chi connectivity index (χ3n) is 2.65. The van der Waals surface area contributed by atoms with Crippen LogP contribution in [0, 0.1) is 5.82 Å². The van der Waals surface area contributed by atoms with E-state index in [1.54, 1.807) is 18.2 Å². The van der Waals surface area contributed by atoms with E-state index in [9.17, 15) is 9.18 Å². The number of hydrogen-bond acceptors (Lipinski definition) is 2. The van der Waals surface area contributed by atoms with Gasteiger partial charge in [0.25, 0.3) is 0 Å². The molecule has 0 radical (unpaired) electrons. The molecule has 0 aliphatic rings. The molecule has 0 heterocycles. The Morgan fingerprint density at radius 2 is 1.80 bits per heavy atom. The van der Waals surface area contributed by atoms with Crippen LogP contribution in [-0.4, -0.2) is 12.4 Å². The number of carbonyl (C=O) groups is 1. The lowest BCUT2D eigenvalue weighted by molar-refractivity contribution is 0.0962. The first-order chi connectivity index (χ1) is 9.56. The lowest BCUT2D eigenvalue weighted by Crippen LogP contribution is -2.07. The largest absolute Gasteiger partial charge is 0.492 e. The number of carbonyl (C=O) groups excluding carboxylic acids is 1. The SMILES string of the molecule is O=C(CCOc1cc(Cl)ccc1Cl)c1ccc(F)cc1. The minimum atomic E-state index is -0.372. The molecule has 0 atom stereocenters. The highest BCUT2D eigenvalue weighted by molar-refractivity contribution is 6.34. The Balaban J connectivity index is 1.91. The maximum Gasteiger partial charge on any atom is 0.166 e. The summed E-state index contributed by atoms with van der Waals surface area (Å²) < 4.78 is 18.2. The Hall–Kier alpha value is -1.58. The fourth-order valence-corrected chi connectivity index (χ4v) is 1.96. The topological polar surface area (TPSA) is 26.3 Å². The van der Waals surface area contributed by atoms with E-state index in [-0.39, 0.29) is 24.6 Å². The van der Waals surface area contributed by atoms with Crippen molar-refractivity contribution >= 4 is 29.0 Å². The number of Topliss-reactive ketones (excluding diaryl/α,β-unsaturated/α-hetero) is 1. The Morgan fingerprint density at radius 3 is 2.50 bits per heavy atom. The van der Waals surface area contributed by atoms with Crippen LogP contribution in [-0.2, 0) is 0 Å². The summed E-state index contributed by atoms with van der Waals surface area (Å²) in [6.45, 7) is 0.177. The van der Waals surface area contributed by atoms with E-state index >= 15 is 0 Å². The highest BCUT2D eigenvalue weighted by Gasteiger charge is 2.08. The molecule has 0 aromatic heterocycles. The lowest BCUT2D eigenvalue weighted by atomic mass is 10.1. The molecule has 2 aromatic rings. The van der Waals surface area contributed by atoms with Crippen LogP contribution in [0.2, 0.25) is 10.0 Å². The number of ether oxygens (including phenoxy) is 1. The van der Waals surface area contributed by atoms with Crippen molar-refractivity contribution in [2.24, 2.45) is 0 Å². The summed E-state index contributed by atoms with van der Waals surface area (Å²) in [5.41, 5.74) is 0.451. The monoisotopic (exact) mass is 312 g/mol. The van der Waals surface area contributed by atoms with Crippen LogP contribution in [0.15, 0.2) is 42.5 Å². The summed E-state index contributed by atoms with van der Waals surface area (Å²) in [5, 5.41) is 0.942.